The van der Waals surface area contributed by atoms with Crippen molar-refractivity contribution >= 4 is 0 Å². The van der Waals surface area contributed by atoms with E-state index in [0.29, 0.717) is 11.7 Å². The number of hydrogen-bond donors (Lipinski definition) is 1. The van der Waals surface area contributed by atoms with E-state index in [2.05, 4.69) is 37.9 Å². The highest BCUT2D eigenvalue weighted by Gasteiger charge is 2.20. The summed E-state index contributed by atoms with van der Waals surface area (Å²) in [7, 11) is 0. The number of nitrogens with zero attached hydrogens (tertiary/aromatic N) is 1. The number of aromatic amines is 1. The van der Waals surface area contributed by atoms with Gasteiger partial charge in [0.25, 0.3) is 5.56 Å². The third-order valence-electron chi connectivity index (χ3n) is 4.63. The Hall–Kier alpha value is -1.90. The molecule has 1 aliphatic rings. The average molecular weight is 282 g/mol. The van der Waals surface area contributed by atoms with Crippen LogP contribution in [0.4, 0.5) is 0 Å². The maximum atomic E-state index is 12.0. The zero-order valence-corrected chi connectivity index (χ0v) is 13.0. The van der Waals surface area contributed by atoms with E-state index in [1.807, 2.05) is 0 Å². The van der Waals surface area contributed by atoms with Crippen LogP contribution >= 0.6 is 0 Å². The van der Waals surface area contributed by atoms with Crippen LogP contribution in [0.3, 0.4) is 0 Å². The Labute approximate surface area is 125 Å². The van der Waals surface area contributed by atoms with Crippen LogP contribution in [-0.2, 0) is 0 Å². The number of H-pyrrole nitrogens is 1. The largest absolute Gasteiger partial charge is 0.307 e. The van der Waals surface area contributed by atoms with Gasteiger partial charge in [-0.05, 0) is 56.4 Å². The van der Waals surface area contributed by atoms with E-state index in [-0.39, 0.29) is 5.56 Å². The lowest BCUT2D eigenvalue weighted by Gasteiger charge is -2.12. The molecule has 1 heterocycles. The van der Waals surface area contributed by atoms with Crippen LogP contribution in [-0.4, -0.2) is 9.97 Å². The van der Waals surface area contributed by atoms with E-state index in [9.17, 15) is 4.79 Å². The lowest BCUT2D eigenvalue weighted by molar-refractivity contribution is 0.693. The normalized spacial score (nSPS) is 15.6. The number of nitrogens with one attached hydrogen (secondary N) is 1. The minimum Gasteiger partial charge on any atom is -0.307 e. The second kappa shape index (κ2) is 5.47. The van der Waals surface area contributed by atoms with E-state index < -0.39 is 0 Å². The van der Waals surface area contributed by atoms with Crippen molar-refractivity contribution in [2.24, 2.45) is 0 Å². The molecule has 3 nitrogen and oxygen atoms in total. The Morgan fingerprint density at radius 2 is 1.67 bits per heavy atom. The number of aromatic nitrogens is 2. The summed E-state index contributed by atoms with van der Waals surface area (Å²) < 4.78 is 0. The lowest BCUT2D eigenvalue weighted by Crippen LogP contribution is -2.12. The molecule has 1 saturated carbocycles. The zero-order chi connectivity index (χ0) is 15.0. The topological polar surface area (TPSA) is 45.8 Å². The molecule has 2 aromatic rings. The van der Waals surface area contributed by atoms with Gasteiger partial charge in [0.15, 0.2) is 0 Å². The van der Waals surface area contributed by atoms with Crippen molar-refractivity contribution in [2.75, 3.05) is 0 Å². The summed E-state index contributed by atoms with van der Waals surface area (Å²) in [5.74, 6) is 1.17. The molecule has 0 amide bonds. The van der Waals surface area contributed by atoms with Crippen LogP contribution in [0.2, 0.25) is 0 Å². The number of benzene rings is 1. The van der Waals surface area contributed by atoms with Gasteiger partial charge in [-0.2, -0.15) is 0 Å². The molecule has 0 atom stereocenters. The minimum atomic E-state index is -0.0421. The molecule has 0 radical (unpaired) electrons. The van der Waals surface area contributed by atoms with Gasteiger partial charge in [0.05, 0.1) is 5.69 Å². The van der Waals surface area contributed by atoms with Gasteiger partial charge in [0.2, 0.25) is 0 Å². The standard InChI is InChI=1S/C18H22N2O/c1-11-8-13(3)15(9-12(11)2)18-19-16(10-17(21)20-18)14-6-4-5-7-14/h8-10,14H,4-7H2,1-3H3,(H,19,20,21). The number of aryl methyl sites for hydroxylation is 3. The van der Waals surface area contributed by atoms with Crippen molar-refractivity contribution in [1.29, 1.82) is 0 Å². The highest BCUT2D eigenvalue weighted by Crippen LogP contribution is 2.33. The highest BCUT2D eigenvalue weighted by atomic mass is 16.1. The minimum absolute atomic E-state index is 0.0421. The van der Waals surface area contributed by atoms with Crippen LogP contribution in [0.25, 0.3) is 11.4 Å². The molecule has 1 aromatic carbocycles. The molecule has 3 heteroatoms. The molecule has 0 bridgehead atoms. The molecule has 1 fully saturated rings. The first-order valence-corrected chi connectivity index (χ1v) is 7.74. The smallest absolute Gasteiger partial charge is 0.251 e. The molecule has 1 aliphatic carbocycles. The van der Waals surface area contributed by atoms with Crippen molar-refractivity contribution in [3.63, 3.8) is 0 Å². The molecule has 1 N–H and O–H groups in total. The fraction of sp³-hybridized carbons (Fsp3) is 0.444. The van der Waals surface area contributed by atoms with Gasteiger partial charge in [0.1, 0.15) is 5.82 Å². The maximum absolute atomic E-state index is 12.0. The third kappa shape index (κ3) is 2.78. The van der Waals surface area contributed by atoms with Gasteiger partial charge in [-0.15, -0.1) is 0 Å². The quantitative estimate of drug-likeness (QED) is 0.904. The van der Waals surface area contributed by atoms with Crippen molar-refractivity contribution in [3.8, 4) is 11.4 Å². The van der Waals surface area contributed by atoms with Gasteiger partial charge < -0.3 is 4.98 Å². The van der Waals surface area contributed by atoms with Crippen LogP contribution in [0, 0.1) is 20.8 Å². The molecule has 0 aliphatic heterocycles. The molecule has 21 heavy (non-hydrogen) atoms. The Kier molecular flexibility index (Phi) is 3.66. The van der Waals surface area contributed by atoms with Gasteiger partial charge in [-0.1, -0.05) is 18.9 Å². The number of rotatable bonds is 2. The van der Waals surface area contributed by atoms with Crippen molar-refractivity contribution in [2.45, 2.75) is 52.4 Å². The van der Waals surface area contributed by atoms with Gasteiger partial charge in [-0.3, -0.25) is 4.79 Å². The van der Waals surface area contributed by atoms with Gasteiger partial charge >= 0.3 is 0 Å². The fourth-order valence-corrected chi connectivity index (χ4v) is 3.25. The molecule has 110 valence electrons. The third-order valence-corrected chi connectivity index (χ3v) is 4.63. The summed E-state index contributed by atoms with van der Waals surface area (Å²) in [6.07, 6.45) is 4.80. The molecule has 3 rings (SSSR count). The van der Waals surface area contributed by atoms with E-state index in [1.54, 1.807) is 6.07 Å². The Bertz CT molecular complexity index is 724. The van der Waals surface area contributed by atoms with Crippen molar-refractivity contribution in [1.82, 2.24) is 9.97 Å². The summed E-state index contributed by atoms with van der Waals surface area (Å²) in [4.78, 5) is 19.7. The zero-order valence-electron chi connectivity index (χ0n) is 13.0. The molecular formula is C18H22N2O. The first-order chi connectivity index (χ1) is 10.0. The summed E-state index contributed by atoms with van der Waals surface area (Å²) >= 11 is 0. The summed E-state index contributed by atoms with van der Waals surface area (Å²) in [5, 5.41) is 0. The maximum Gasteiger partial charge on any atom is 0.251 e. The van der Waals surface area contributed by atoms with E-state index in [4.69, 9.17) is 4.98 Å². The van der Waals surface area contributed by atoms with Crippen molar-refractivity contribution < 1.29 is 0 Å². The first kappa shape index (κ1) is 14.1. The van der Waals surface area contributed by atoms with Crippen LogP contribution in [0.5, 0.6) is 0 Å². The molecular weight excluding hydrogens is 260 g/mol. The highest BCUT2D eigenvalue weighted by molar-refractivity contribution is 5.62. The van der Waals surface area contributed by atoms with E-state index >= 15 is 0 Å². The molecule has 1 aromatic heterocycles. The summed E-state index contributed by atoms with van der Waals surface area (Å²) in [5.41, 5.74) is 5.61. The van der Waals surface area contributed by atoms with Gasteiger partial charge in [-0.25, -0.2) is 4.98 Å². The second-order valence-electron chi connectivity index (χ2n) is 6.25. The van der Waals surface area contributed by atoms with Gasteiger partial charge in [0, 0.05) is 17.5 Å². The molecule has 0 unspecified atom stereocenters. The lowest BCUT2D eigenvalue weighted by atomic mass is 9.99. The predicted molar refractivity (Wildman–Crippen MR) is 85.7 cm³/mol. The van der Waals surface area contributed by atoms with E-state index in [1.165, 1.54) is 24.0 Å². The van der Waals surface area contributed by atoms with Crippen LogP contribution in [0.1, 0.15) is 54.0 Å². The predicted octanol–water partition coefficient (Wildman–Crippen LogP) is 4.02. The first-order valence-electron chi connectivity index (χ1n) is 7.74. The number of hydrogen-bond acceptors (Lipinski definition) is 2. The Balaban J connectivity index is 2.10. The van der Waals surface area contributed by atoms with Crippen LogP contribution < -0.4 is 5.56 Å². The Morgan fingerprint density at radius 1 is 1.00 bits per heavy atom. The monoisotopic (exact) mass is 282 g/mol. The Morgan fingerprint density at radius 3 is 2.38 bits per heavy atom. The fourth-order valence-electron chi connectivity index (χ4n) is 3.25. The summed E-state index contributed by atoms with van der Waals surface area (Å²) in [6.45, 7) is 6.28. The molecule has 0 saturated heterocycles. The SMILES string of the molecule is Cc1cc(C)c(-c2nc(C3CCCC3)cc(=O)[nH]2)cc1C. The summed E-state index contributed by atoms with van der Waals surface area (Å²) in [6, 6.07) is 5.96. The molecule has 0 spiro atoms. The second-order valence-corrected chi connectivity index (χ2v) is 6.25. The van der Waals surface area contributed by atoms with Crippen LogP contribution in [0.15, 0.2) is 23.0 Å². The van der Waals surface area contributed by atoms with E-state index in [0.717, 1.165) is 29.7 Å². The average Bonchev–Trinajstić information content (AvgIpc) is 2.96. The van der Waals surface area contributed by atoms with Crippen molar-refractivity contribution in [3.05, 3.63) is 50.9 Å².